The van der Waals surface area contributed by atoms with Crippen molar-refractivity contribution in [3.8, 4) is 0 Å². The Bertz CT molecular complexity index is 369. The minimum atomic E-state index is -0.728. The van der Waals surface area contributed by atoms with Gasteiger partial charge in [0, 0.05) is 26.7 Å². The number of likely N-dealkylation sites (N-methyl/N-ethyl adjacent to an activating group) is 1. The van der Waals surface area contributed by atoms with E-state index in [4.69, 9.17) is 5.11 Å². The third kappa shape index (κ3) is 4.59. The number of nitrogens with one attached hydrogen (secondary N) is 1. The van der Waals surface area contributed by atoms with Crippen molar-refractivity contribution in [2.45, 2.75) is 32.1 Å². The molecule has 0 radical (unpaired) electrons. The minimum absolute atomic E-state index is 0.0819. The van der Waals surface area contributed by atoms with Crippen molar-refractivity contribution < 1.29 is 14.7 Å². The highest BCUT2D eigenvalue weighted by Crippen LogP contribution is 2.31. The van der Waals surface area contributed by atoms with Gasteiger partial charge in [-0.3, -0.25) is 4.79 Å². The summed E-state index contributed by atoms with van der Waals surface area (Å²) in [4.78, 5) is 27.2. The standard InChI is InChI=1S/C15H27N3O3/c1-17(9-10-18-7-2-3-8-18)15(21)16-11-12-5-4-6-13(12)14(19)20/h12-13H,2-11H2,1H3,(H,16,21)(H,19,20). The molecule has 6 heteroatoms. The molecule has 2 unspecified atom stereocenters. The summed E-state index contributed by atoms with van der Waals surface area (Å²) in [5, 5.41) is 12.0. The van der Waals surface area contributed by atoms with Gasteiger partial charge in [-0.25, -0.2) is 4.79 Å². The molecule has 2 atom stereocenters. The molecule has 21 heavy (non-hydrogen) atoms. The van der Waals surface area contributed by atoms with E-state index in [9.17, 15) is 9.59 Å². The quantitative estimate of drug-likeness (QED) is 0.773. The molecule has 0 aromatic heterocycles. The number of likely N-dealkylation sites (tertiary alicyclic amines) is 1. The Morgan fingerprint density at radius 1 is 1.24 bits per heavy atom. The lowest BCUT2D eigenvalue weighted by molar-refractivity contribution is -0.142. The first-order valence-corrected chi connectivity index (χ1v) is 8.02. The van der Waals surface area contributed by atoms with Gasteiger partial charge in [-0.15, -0.1) is 0 Å². The highest BCUT2D eigenvalue weighted by Gasteiger charge is 2.33. The maximum Gasteiger partial charge on any atom is 0.317 e. The molecule has 1 aliphatic carbocycles. The van der Waals surface area contributed by atoms with E-state index in [2.05, 4.69) is 10.2 Å². The Balaban J connectivity index is 1.67. The summed E-state index contributed by atoms with van der Waals surface area (Å²) in [6.45, 7) is 4.39. The Labute approximate surface area is 126 Å². The minimum Gasteiger partial charge on any atom is -0.481 e. The molecule has 1 saturated carbocycles. The summed E-state index contributed by atoms with van der Waals surface area (Å²) < 4.78 is 0. The number of urea groups is 1. The summed E-state index contributed by atoms with van der Waals surface area (Å²) in [5.41, 5.74) is 0. The molecule has 2 rings (SSSR count). The summed E-state index contributed by atoms with van der Waals surface area (Å²) in [6.07, 6.45) is 5.10. The summed E-state index contributed by atoms with van der Waals surface area (Å²) in [7, 11) is 1.80. The van der Waals surface area contributed by atoms with E-state index in [-0.39, 0.29) is 17.9 Å². The zero-order chi connectivity index (χ0) is 15.2. The maximum atomic E-state index is 12.0. The van der Waals surface area contributed by atoms with Gasteiger partial charge in [0.25, 0.3) is 0 Å². The molecular formula is C15H27N3O3. The third-order valence-corrected chi connectivity index (χ3v) is 4.79. The number of hydrogen-bond donors (Lipinski definition) is 2. The van der Waals surface area contributed by atoms with Crippen LogP contribution in [0.3, 0.4) is 0 Å². The molecule has 2 N–H and O–H groups in total. The van der Waals surface area contributed by atoms with Gasteiger partial charge in [0.05, 0.1) is 5.92 Å². The van der Waals surface area contributed by atoms with Crippen molar-refractivity contribution >= 4 is 12.0 Å². The predicted molar refractivity (Wildman–Crippen MR) is 80.2 cm³/mol. The first kappa shape index (κ1) is 16.1. The third-order valence-electron chi connectivity index (χ3n) is 4.79. The first-order valence-electron chi connectivity index (χ1n) is 8.02. The van der Waals surface area contributed by atoms with Crippen LogP contribution in [0.25, 0.3) is 0 Å². The maximum absolute atomic E-state index is 12.0. The highest BCUT2D eigenvalue weighted by atomic mass is 16.4. The summed E-state index contributed by atoms with van der Waals surface area (Å²) >= 11 is 0. The largest absolute Gasteiger partial charge is 0.481 e. The van der Waals surface area contributed by atoms with Gasteiger partial charge in [0.1, 0.15) is 0 Å². The van der Waals surface area contributed by atoms with Gasteiger partial charge in [-0.05, 0) is 44.7 Å². The van der Waals surface area contributed by atoms with Crippen LogP contribution in [0.15, 0.2) is 0 Å². The Kier molecular flexibility index (Phi) is 5.85. The van der Waals surface area contributed by atoms with E-state index in [1.165, 1.54) is 12.8 Å². The van der Waals surface area contributed by atoms with Gasteiger partial charge < -0.3 is 20.2 Å². The van der Waals surface area contributed by atoms with Gasteiger partial charge in [0.15, 0.2) is 0 Å². The smallest absolute Gasteiger partial charge is 0.317 e. The Hall–Kier alpha value is -1.30. The number of rotatable bonds is 6. The fourth-order valence-electron chi connectivity index (χ4n) is 3.36. The van der Waals surface area contributed by atoms with E-state index >= 15 is 0 Å². The van der Waals surface area contributed by atoms with Gasteiger partial charge in [-0.2, -0.15) is 0 Å². The fourth-order valence-corrected chi connectivity index (χ4v) is 3.36. The Morgan fingerprint density at radius 3 is 2.62 bits per heavy atom. The Morgan fingerprint density at radius 2 is 1.95 bits per heavy atom. The molecule has 2 aliphatic rings. The van der Waals surface area contributed by atoms with Crippen LogP contribution in [-0.4, -0.2) is 66.7 Å². The fraction of sp³-hybridized carbons (Fsp3) is 0.867. The number of carbonyl (C=O) groups excluding carboxylic acids is 1. The summed E-state index contributed by atoms with van der Waals surface area (Å²) in [5.74, 6) is -0.937. The zero-order valence-electron chi connectivity index (χ0n) is 12.9. The van der Waals surface area contributed by atoms with Crippen LogP contribution in [0.1, 0.15) is 32.1 Å². The molecule has 120 valence electrons. The topological polar surface area (TPSA) is 72.9 Å². The van der Waals surface area contributed by atoms with Crippen molar-refractivity contribution in [3.63, 3.8) is 0 Å². The summed E-state index contributed by atoms with van der Waals surface area (Å²) in [6, 6.07) is -0.0924. The molecule has 2 amide bonds. The van der Waals surface area contributed by atoms with Crippen molar-refractivity contribution in [1.29, 1.82) is 0 Å². The molecule has 2 fully saturated rings. The second kappa shape index (κ2) is 7.64. The van der Waals surface area contributed by atoms with E-state index in [0.717, 1.165) is 45.4 Å². The van der Waals surface area contributed by atoms with Crippen LogP contribution in [-0.2, 0) is 4.79 Å². The number of hydrogen-bond acceptors (Lipinski definition) is 3. The monoisotopic (exact) mass is 297 g/mol. The van der Waals surface area contributed by atoms with Crippen LogP contribution in [0, 0.1) is 11.8 Å². The van der Waals surface area contributed by atoms with Crippen LogP contribution >= 0.6 is 0 Å². The molecule has 0 bridgehead atoms. The lowest BCUT2D eigenvalue weighted by Gasteiger charge is -2.23. The zero-order valence-corrected chi connectivity index (χ0v) is 12.9. The normalized spacial score (nSPS) is 26.0. The lowest BCUT2D eigenvalue weighted by atomic mass is 9.96. The van der Waals surface area contributed by atoms with Crippen molar-refractivity contribution in [3.05, 3.63) is 0 Å². The van der Waals surface area contributed by atoms with E-state index in [0.29, 0.717) is 6.54 Å². The van der Waals surface area contributed by atoms with Gasteiger partial charge in [0.2, 0.25) is 0 Å². The van der Waals surface area contributed by atoms with E-state index in [1.54, 1.807) is 11.9 Å². The number of carboxylic acid groups (broad SMARTS) is 1. The van der Waals surface area contributed by atoms with E-state index in [1.807, 2.05) is 0 Å². The molecule has 0 aromatic carbocycles. The molecule has 0 spiro atoms. The number of aliphatic carboxylic acids is 1. The SMILES string of the molecule is CN(CCN1CCCC1)C(=O)NCC1CCCC1C(=O)O. The van der Waals surface area contributed by atoms with Crippen LogP contribution < -0.4 is 5.32 Å². The second-order valence-electron chi connectivity index (χ2n) is 6.29. The van der Waals surface area contributed by atoms with Crippen LogP contribution in [0.2, 0.25) is 0 Å². The molecule has 6 nitrogen and oxygen atoms in total. The van der Waals surface area contributed by atoms with Crippen LogP contribution in [0.4, 0.5) is 4.79 Å². The van der Waals surface area contributed by atoms with Crippen molar-refractivity contribution in [2.24, 2.45) is 11.8 Å². The molecular weight excluding hydrogens is 270 g/mol. The number of carbonyl (C=O) groups is 2. The van der Waals surface area contributed by atoms with Gasteiger partial charge >= 0.3 is 12.0 Å². The average molecular weight is 297 g/mol. The average Bonchev–Trinajstić information content (AvgIpc) is 3.12. The predicted octanol–water partition coefficient (Wildman–Crippen LogP) is 1.22. The molecule has 0 aromatic rings. The first-order chi connectivity index (χ1) is 10.1. The lowest BCUT2D eigenvalue weighted by Crippen LogP contribution is -2.43. The number of carboxylic acids is 1. The van der Waals surface area contributed by atoms with Crippen molar-refractivity contribution in [1.82, 2.24) is 15.1 Å². The number of amides is 2. The van der Waals surface area contributed by atoms with Gasteiger partial charge in [-0.1, -0.05) is 6.42 Å². The van der Waals surface area contributed by atoms with Crippen LogP contribution in [0.5, 0.6) is 0 Å². The molecule has 1 saturated heterocycles. The van der Waals surface area contributed by atoms with E-state index < -0.39 is 5.97 Å². The second-order valence-corrected chi connectivity index (χ2v) is 6.29. The number of nitrogens with zero attached hydrogens (tertiary/aromatic N) is 2. The molecule has 1 aliphatic heterocycles. The van der Waals surface area contributed by atoms with Crippen molar-refractivity contribution in [2.75, 3.05) is 39.8 Å². The highest BCUT2D eigenvalue weighted by molar-refractivity contribution is 5.74. The molecule has 1 heterocycles.